The van der Waals surface area contributed by atoms with Crippen LogP contribution in [0, 0.1) is 6.92 Å². The first-order chi connectivity index (χ1) is 19.7. The number of benzene rings is 5. The molecule has 0 atom stereocenters. The van der Waals surface area contributed by atoms with Gasteiger partial charge >= 0.3 is 0 Å². The Morgan fingerprint density at radius 1 is 0.675 bits per heavy atom. The molecule has 0 radical (unpaired) electrons. The van der Waals surface area contributed by atoms with Crippen molar-refractivity contribution in [1.82, 2.24) is 4.90 Å². The molecule has 3 heteroatoms. The Balaban J connectivity index is 1.38. The zero-order valence-electron chi connectivity index (χ0n) is 22.9. The maximum absolute atomic E-state index is 13.9. The molecule has 0 heterocycles. The second kappa shape index (κ2) is 13.4. The lowest BCUT2D eigenvalue weighted by Gasteiger charge is -2.27. The minimum atomic E-state index is 0.0496. The molecular weight excluding hydrogens is 490 g/mol. The third-order valence-electron chi connectivity index (χ3n) is 7.27. The molecule has 0 N–H and O–H groups in total. The van der Waals surface area contributed by atoms with Crippen molar-refractivity contribution in [3.05, 3.63) is 173 Å². The highest BCUT2D eigenvalue weighted by Crippen LogP contribution is 2.29. The van der Waals surface area contributed by atoms with E-state index in [4.69, 9.17) is 4.74 Å². The van der Waals surface area contributed by atoms with Crippen LogP contribution < -0.4 is 4.74 Å². The van der Waals surface area contributed by atoms with Gasteiger partial charge in [0.05, 0.1) is 0 Å². The summed E-state index contributed by atoms with van der Waals surface area (Å²) in [6.07, 6.45) is 0.815. The largest absolute Gasteiger partial charge is 0.489 e. The molecule has 1 amide bonds. The number of rotatable bonds is 11. The van der Waals surface area contributed by atoms with Crippen molar-refractivity contribution in [2.45, 2.75) is 32.4 Å². The zero-order chi connectivity index (χ0) is 27.6. The van der Waals surface area contributed by atoms with Gasteiger partial charge in [-0.05, 0) is 59.4 Å². The summed E-state index contributed by atoms with van der Waals surface area (Å²) in [5.41, 5.74) is 6.41. The summed E-state index contributed by atoms with van der Waals surface area (Å²) in [5.74, 6) is 1.04. The Labute approximate surface area is 237 Å². The molecule has 5 aromatic carbocycles. The molecule has 0 spiro atoms. The fourth-order valence-corrected chi connectivity index (χ4v) is 5.11. The number of amides is 1. The fraction of sp³-hybridized carbons (Fsp3) is 0.162. The Bertz CT molecular complexity index is 1460. The van der Waals surface area contributed by atoms with Gasteiger partial charge in [0, 0.05) is 24.6 Å². The van der Waals surface area contributed by atoms with Crippen LogP contribution in [0.3, 0.4) is 0 Å². The van der Waals surface area contributed by atoms with Crippen LogP contribution in [0.15, 0.2) is 140 Å². The number of hydrogen-bond acceptors (Lipinski definition) is 2. The first kappa shape index (κ1) is 27.0. The molecule has 0 unspecified atom stereocenters. The summed E-state index contributed by atoms with van der Waals surface area (Å²) in [5, 5.41) is 0. The number of nitrogens with zero attached hydrogens (tertiary/aromatic N) is 1. The van der Waals surface area contributed by atoms with Crippen molar-refractivity contribution < 1.29 is 9.53 Å². The summed E-state index contributed by atoms with van der Waals surface area (Å²) >= 11 is 0. The molecule has 200 valence electrons. The van der Waals surface area contributed by atoms with E-state index in [1.54, 1.807) is 0 Å². The Morgan fingerprint density at radius 2 is 1.25 bits per heavy atom. The van der Waals surface area contributed by atoms with Gasteiger partial charge in [-0.1, -0.05) is 121 Å². The van der Waals surface area contributed by atoms with E-state index in [0.717, 1.165) is 34.4 Å². The van der Waals surface area contributed by atoms with Gasteiger partial charge in [0.15, 0.2) is 0 Å². The summed E-state index contributed by atoms with van der Waals surface area (Å²) in [4.78, 5) is 15.9. The standard InChI is InChI=1S/C37H35NO2/c1-29-14-11-12-23-35(29)37(39)38(25-24-36(32-18-7-3-8-19-32)33-20-9-4-10-21-33)27-31-17-13-22-34(26-31)40-28-30-15-5-2-6-16-30/h2-23,26,36H,24-25,27-28H2,1H3. The van der Waals surface area contributed by atoms with Crippen LogP contribution in [0.5, 0.6) is 5.75 Å². The first-order valence-corrected chi connectivity index (χ1v) is 13.9. The molecule has 0 bridgehead atoms. The zero-order valence-corrected chi connectivity index (χ0v) is 22.9. The Kier molecular flexibility index (Phi) is 9.06. The van der Waals surface area contributed by atoms with Crippen molar-refractivity contribution in [3.63, 3.8) is 0 Å². The summed E-state index contributed by atoms with van der Waals surface area (Å²) < 4.78 is 6.09. The van der Waals surface area contributed by atoms with E-state index >= 15 is 0 Å². The predicted octanol–water partition coefficient (Wildman–Crippen LogP) is 8.44. The molecular formula is C37H35NO2. The van der Waals surface area contributed by atoms with E-state index in [1.165, 1.54) is 11.1 Å². The van der Waals surface area contributed by atoms with Gasteiger partial charge in [-0.2, -0.15) is 0 Å². The minimum Gasteiger partial charge on any atom is -0.489 e. The average Bonchev–Trinajstić information content (AvgIpc) is 3.01. The second-order valence-corrected chi connectivity index (χ2v) is 10.1. The lowest BCUT2D eigenvalue weighted by molar-refractivity contribution is 0.0738. The van der Waals surface area contributed by atoms with Gasteiger partial charge in [-0.15, -0.1) is 0 Å². The van der Waals surface area contributed by atoms with Crippen LogP contribution in [0.25, 0.3) is 0 Å². The van der Waals surface area contributed by atoms with Crippen LogP contribution in [-0.4, -0.2) is 17.4 Å². The maximum atomic E-state index is 13.9. The molecule has 0 aliphatic heterocycles. The summed E-state index contributed by atoms with van der Waals surface area (Å²) in [6.45, 7) is 3.63. The quantitative estimate of drug-likeness (QED) is 0.173. The van der Waals surface area contributed by atoms with Crippen molar-refractivity contribution in [1.29, 1.82) is 0 Å². The van der Waals surface area contributed by atoms with Gasteiger partial charge in [-0.25, -0.2) is 0 Å². The van der Waals surface area contributed by atoms with Crippen molar-refractivity contribution >= 4 is 5.91 Å². The molecule has 5 aromatic rings. The summed E-state index contributed by atoms with van der Waals surface area (Å²) in [7, 11) is 0. The van der Waals surface area contributed by atoms with E-state index in [9.17, 15) is 4.79 Å². The van der Waals surface area contributed by atoms with Gasteiger partial charge in [0.2, 0.25) is 0 Å². The molecule has 0 fully saturated rings. The second-order valence-electron chi connectivity index (χ2n) is 10.1. The third kappa shape index (κ3) is 7.06. The number of hydrogen-bond donors (Lipinski definition) is 0. The van der Waals surface area contributed by atoms with E-state index in [2.05, 4.69) is 66.7 Å². The number of carbonyl (C=O) groups is 1. The number of carbonyl (C=O) groups excluding carboxylic acids is 1. The first-order valence-electron chi connectivity index (χ1n) is 13.9. The Hall–Kier alpha value is -4.63. The number of ether oxygens (including phenoxy) is 1. The van der Waals surface area contributed by atoms with Crippen molar-refractivity contribution in [2.24, 2.45) is 0 Å². The molecule has 0 aliphatic carbocycles. The minimum absolute atomic E-state index is 0.0496. The maximum Gasteiger partial charge on any atom is 0.254 e. The number of aryl methyl sites for hydroxylation is 1. The molecule has 0 saturated carbocycles. The normalized spacial score (nSPS) is 10.8. The molecule has 0 aromatic heterocycles. The van der Waals surface area contributed by atoms with E-state index < -0.39 is 0 Å². The van der Waals surface area contributed by atoms with Crippen LogP contribution >= 0.6 is 0 Å². The molecule has 0 saturated heterocycles. The third-order valence-corrected chi connectivity index (χ3v) is 7.27. The molecule has 40 heavy (non-hydrogen) atoms. The molecule has 3 nitrogen and oxygen atoms in total. The highest BCUT2D eigenvalue weighted by atomic mass is 16.5. The lowest BCUT2D eigenvalue weighted by Crippen LogP contribution is -2.33. The van der Waals surface area contributed by atoms with Crippen molar-refractivity contribution in [3.8, 4) is 5.75 Å². The highest BCUT2D eigenvalue weighted by Gasteiger charge is 2.21. The predicted molar refractivity (Wildman–Crippen MR) is 162 cm³/mol. The van der Waals surface area contributed by atoms with Gasteiger partial charge < -0.3 is 9.64 Å². The Morgan fingerprint density at radius 3 is 1.90 bits per heavy atom. The van der Waals surface area contributed by atoms with Gasteiger partial charge in [0.25, 0.3) is 5.91 Å². The SMILES string of the molecule is Cc1ccccc1C(=O)N(CCC(c1ccccc1)c1ccccc1)Cc1cccc(OCc2ccccc2)c1. The van der Waals surface area contributed by atoms with Gasteiger partial charge in [0.1, 0.15) is 12.4 Å². The topological polar surface area (TPSA) is 29.5 Å². The molecule has 5 rings (SSSR count). The van der Waals surface area contributed by atoms with Gasteiger partial charge in [-0.3, -0.25) is 4.79 Å². The van der Waals surface area contributed by atoms with Crippen LogP contribution in [0.4, 0.5) is 0 Å². The van der Waals surface area contributed by atoms with E-state index in [0.29, 0.717) is 19.7 Å². The monoisotopic (exact) mass is 525 g/mol. The lowest BCUT2D eigenvalue weighted by atomic mass is 9.88. The fourth-order valence-electron chi connectivity index (χ4n) is 5.11. The van der Waals surface area contributed by atoms with Crippen LogP contribution in [0.1, 0.15) is 50.5 Å². The highest BCUT2D eigenvalue weighted by molar-refractivity contribution is 5.95. The van der Waals surface area contributed by atoms with Crippen molar-refractivity contribution in [2.75, 3.05) is 6.54 Å². The van der Waals surface area contributed by atoms with Crippen LogP contribution in [0.2, 0.25) is 0 Å². The smallest absolute Gasteiger partial charge is 0.254 e. The summed E-state index contributed by atoms with van der Waals surface area (Å²) in [6, 6.07) is 47.2. The average molecular weight is 526 g/mol. The van der Waals surface area contributed by atoms with Crippen LogP contribution in [-0.2, 0) is 13.2 Å². The van der Waals surface area contributed by atoms with E-state index in [1.807, 2.05) is 84.6 Å². The molecule has 0 aliphatic rings. The van der Waals surface area contributed by atoms with E-state index in [-0.39, 0.29) is 11.8 Å².